The highest BCUT2D eigenvalue weighted by molar-refractivity contribution is 5.90. The Morgan fingerprint density at radius 2 is 1.66 bits per heavy atom. The molecule has 3 N–H and O–H groups in total. The number of aromatic amines is 1. The van der Waals surface area contributed by atoms with Crippen molar-refractivity contribution in [3.63, 3.8) is 0 Å². The number of piperidine rings is 2. The lowest BCUT2D eigenvalue weighted by Crippen LogP contribution is -2.42. The van der Waals surface area contributed by atoms with Crippen LogP contribution in [0.5, 0.6) is 0 Å². The smallest absolute Gasteiger partial charge is 0.300 e. The summed E-state index contributed by atoms with van der Waals surface area (Å²) in [5.41, 5.74) is 3.42. The van der Waals surface area contributed by atoms with Crippen LogP contribution in [0.3, 0.4) is 0 Å². The van der Waals surface area contributed by atoms with Crippen LogP contribution < -0.4 is 5.32 Å². The second kappa shape index (κ2) is 9.92. The first-order valence-electron chi connectivity index (χ1n) is 10.7. The first-order chi connectivity index (χ1) is 14.0. The van der Waals surface area contributed by atoms with Crippen LogP contribution in [0.15, 0.2) is 24.3 Å². The highest BCUT2D eigenvalue weighted by Gasteiger charge is 2.29. The van der Waals surface area contributed by atoms with E-state index in [0.29, 0.717) is 6.42 Å². The van der Waals surface area contributed by atoms with E-state index in [4.69, 9.17) is 9.90 Å². The number of aromatic nitrogens is 1. The molecule has 0 unspecified atom stereocenters. The van der Waals surface area contributed by atoms with E-state index in [1.165, 1.54) is 49.7 Å². The van der Waals surface area contributed by atoms with E-state index in [0.717, 1.165) is 43.1 Å². The van der Waals surface area contributed by atoms with Crippen molar-refractivity contribution in [2.24, 2.45) is 11.8 Å². The number of hydrogen-bond acceptors (Lipinski definition) is 3. The Hall–Kier alpha value is -2.34. The van der Waals surface area contributed by atoms with Gasteiger partial charge >= 0.3 is 0 Å². The van der Waals surface area contributed by atoms with E-state index >= 15 is 0 Å². The molecular weight excluding hydrogens is 366 g/mol. The van der Waals surface area contributed by atoms with Gasteiger partial charge in [-0.05, 0) is 69.2 Å². The third kappa shape index (κ3) is 5.60. The van der Waals surface area contributed by atoms with Gasteiger partial charge in [0.05, 0.1) is 6.42 Å². The third-order valence-corrected chi connectivity index (χ3v) is 6.30. The second-order valence-electron chi connectivity index (χ2n) is 8.28. The maximum absolute atomic E-state index is 12.8. The summed E-state index contributed by atoms with van der Waals surface area (Å²) >= 11 is 0. The van der Waals surface area contributed by atoms with Crippen LogP contribution in [0.4, 0.5) is 0 Å². The first kappa shape index (κ1) is 21.4. The Morgan fingerprint density at radius 1 is 1.07 bits per heavy atom. The van der Waals surface area contributed by atoms with Gasteiger partial charge in [-0.25, -0.2) is 0 Å². The number of amides is 1. The molecule has 0 spiro atoms. The molecule has 2 aliphatic heterocycles. The standard InChI is InChI=1S/C21H29N3O.C2H4O2/c1-15-19(18-4-2-3-5-20(18)23-15)14-21(25)24-12-8-17(9-13-24)16-6-10-22-11-7-16;1-2(3)4/h2-5,16-17,22-23H,6-14H2,1H3;1H3,(H,3,4). The molecule has 1 aromatic heterocycles. The Kier molecular flexibility index (Phi) is 7.31. The summed E-state index contributed by atoms with van der Waals surface area (Å²) in [5, 5.41) is 12.1. The Bertz CT molecular complexity index is 827. The number of aryl methyl sites for hydroxylation is 1. The number of nitrogens with one attached hydrogen (secondary N) is 2. The number of fused-ring (bicyclic) bond motifs is 1. The number of carbonyl (C=O) groups excluding carboxylic acids is 1. The maximum Gasteiger partial charge on any atom is 0.300 e. The Labute approximate surface area is 172 Å². The highest BCUT2D eigenvalue weighted by atomic mass is 16.4. The van der Waals surface area contributed by atoms with E-state index in [1.807, 2.05) is 12.1 Å². The first-order valence-corrected chi connectivity index (χ1v) is 10.7. The third-order valence-electron chi connectivity index (χ3n) is 6.30. The molecule has 2 fully saturated rings. The molecule has 4 rings (SSSR count). The van der Waals surface area contributed by atoms with Gasteiger partial charge in [0, 0.05) is 36.6 Å². The number of aliphatic carboxylic acids is 1. The monoisotopic (exact) mass is 399 g/mol. The van der Waals surface area contributed by atoms with Crippen molar-refractivity contribution in [2.45, 2.75) is 46.0 Å². The second-order valence-corrected chi connectivity index (χ2v) is 8.28. The summed E-state index contributed by atoms with van der Waals surface area (Å²) in [4.78, 5) is 27.4. The zero-order chi connectivity index (χ0) is 20.8. The summed E-state index contributed by atoms with van der Waals surface area (Å²) in [7, 11) is 0. The lowest BCUT2D eigenvalue weighted by atomic mass is 9.79. The zero-order valence-electron chi connectivity index (χ0n) is 17.5. The summed E-state index contributed by atoms with van der Waals surface area (Å²) in [6.45, 7) is 7.38. The van der Waals surface area contributed by atoms with E-state index in [9.17, 15) is 4.79 Å². The quantitative estimate of drug-likeness (QED) is 0.739. The number of hydrogen-bond donors (Lipinski definition) is 3. The van der Waals surface area contributed by atoms with Gasteiger partial charge in [-0.15, -0.1) is 0 Å². The number of benzene rings is 1. The largest absolute Gasteiger partial charge is 0.481 e. The maximum atomic E-state index is 12.8. The SMILES string of the molecule is CC(=O)O.Cc1[nH]c2ccccc2c1CC(=O)N1CCC(C2CCNCC2)CC1. The van der Waals surface area contributed by atoms with E-state index in [2.05, 4.69) is 34.3 Å². The van der Waals surface area contributed by atoms with Gasteiger partial charge < -0.3 is 20.3 Å². The van der Waals surface area contributed by atoms with Crippen molar-refractivity contribution in [3.8, 4) is 0 Å². The van der Waals surface area contributed by atoms with Gasteiger partial charge in [0.1, 0.15) is 0 Å². The summed E-state index contributed by atoms with van der Waals surface area (Å²) in [6.07, 6.45) is 5.51. The molecule has 2 aliphatic rings. The van der Waals surface area contributed by atoms with Crippen LogP contribution in [-0.4, -0.2) is 53.0 Å². The van der Waals surface area contributed by atoms with Gasteiger partial charge in [0.15, 0.2) is 0 Å². The van der Waals surface area contributed by atoms with Gasteiger partial charge in [-0.2, -0.15) is 0 Å². The molecule has 0 bridgehead atoms. The normalized spacial score (nSPS) is 18.3. The van der Waals surface area contributed by atoms with Gasteiger partial charge in [0.2, 0.25) is 5.91 Å². The van der Waals surface area contributed by atoms with Crippen LogP contribution >= 0.6 is 0 Å². The van der Waals surface area contributed by atoms with E-state index in [-0.39, 0.29) is 5.91 Å². The molecule has 2 saturated heterocycles. The summed E-state index contributed by atoms with van der Waals surface area (Å²) in [6, 6.07) is 8.29. The van der Waals surface area contributed by atoms with Crippen LogP contribution in [-0.2, 0) is 16.0 Å². The zero-order valence-corrected chi connectivity index (χ0v) is 17.5. The minimum atomic E-state index is -0.833. The molecule has 1 aromatic carbocycles. The lowest BCUT2D eigenvalue weighted by Gasteiger charge is -2.37. The fraction of sp³-hybridized carbons (Fsp3) is 0.565. The average molecular weight is 400 g/mol. The van der Waals surface area contributed by atoms with Crippen molar-refractivity contribution in [2.75, 3.05) is 26.2 Å². The highest BCUT2D eigenvalue weighted by Crippen LogP contribution is 2.31. The molecule has 1 amide bonds. The predicted molar refractivity (Wildman–Crippen MR) is 115 cm³/mol. The van der Waals surface area contributed by atoms with Crippen molar-refractivity contribution in [1.29, 1.82) is 0 Å². The lowest BCUT2D eigenvalue weighted by molar-refractivity contribution is -0.134. The van der Waals surface area contributed by atoms with Crippen molar-refractivity contribution in [3.05, 3.63) is 35.5 Å². The molecule has 0 atom stereocenters. The number of carboxylic acids is 1. The number of para-hydroxylation sites is 1. The number of likely N-dealkylation sites (tertiary alicyclic amines) is 1. The van der Waals surface area contributed by atoms with Crippen molar-refractivity contribution < 1.29 is 14.7 Å². The molecule has 0 aliphatic carbocycles. The fourth-order valence-electron chi connectivity index (χ4n) is 4.76. The Morgan fingerprint density at radius 3 is 2.31 bits per heavy atom. The van der Waals surface area contributed by atoms with Crippen LogP contribution in [0.25, 0.3) is 10.9 Å². The molecule has 29 heavy (non-hydrogen) atoms. The topological polar surface area (TPSA) is 85.4 Å². The van der Waals surface area contributed by atoms with E-state index in [1.54, 1.807) is 0 Å². The summed E-state index contributed by atoms with van der Waals surface area (Å²) in [5.74, 6) is 1.15. The number of carboxylic acid groups (broad SMARTS) is 1. The number of H-pyrrole nitrogens is 1. The molecule has 158 valence electrons. The molecule has 2 aromatic rings. The van der Waals surface area contributed by atoms with Gasteiger partial charge in [-0.1, -0.05) is 18.2 Å². The molecule has 3 heterocycles. The number of rotatable bonds is 3. The van der Waals surface area contributed by atoms with Crippen LogP contribution in [0, 0.1) is 18.8 Å². The van der Waals surface area contributed by atoms with Crippen LogP contribution in [0.1, 0.15) is 43.9 Å². The number of carbonyl (C=O) groups is 2. The number of nitrogens with zero attached hydrogens (tertiary/aromatic N) is 1. The van der Waals surface area contributed by atoms with Crippen molar-refractivity contribution in [1.82, 2.24) is 15.2 Å². The fourth-order valence-corrected chi connectivity index (χ4v) is 4.76. The van der Waals surface area contributed by atoms with E-state index < -0.39 is 5.97 Å². The average Bonchev–Trinajstić information content (AvgIpc) is 3.03. The van der Waals surface area contributed by atoms with Crippen molar-refractivity contribution >= 4 is 22.8 Å². The summed E-state index contributed by atoms with van der Waals surface area (Å²) < 4.78 is 0. The molecular formula is C23H33N3O3. The van der Waals surface area contributed by atoms with Gasteiger partial charge in [-0.3, -0.25) is 9.59 Å². The Balaban J connectivity index is 0.000000552. The van der Waals surface area contributed by atoms with Gasteiger partial charge in [0.25, 0.3) is 5.97 Å². The molecule has 0 saturated carbocycles. The predicted octanol–water partition coefficient (Wildman–Crippen LogP) is 3.35. The molecule has 0 radical (unpaired) electrons. The molecule has 6 heteroatoms. The van der Waals surface area contributed by atoms with Crippen LogP contribution in [0.2, 0.25) is 0 Å². The minimum absolute atomic E-state index is 0.289. The molecule has 6 nitrogen and oxygen atoms in total. The minimum Gasteiger partial charge on any atom is -0.481 e.